The van der Waals surface area contributed by atoms with Gasteiger partial charge in [0, 0.05) is 23.7 Å². The number of nitrogens with zero attached hydrogens (tertiary/aromatic N) is 1. The molecule has 2 rings (SSSR count). The third kappa shape index (κ3) is 5.46. The maximum absolute atomic E-state index is 11.5. The highest BCUT2D eigenvalue weighted by Gasteiger charge is 2.07. The Morgan fingerprint density at radius 1 is 1.12 bits per heavy atom. The van der Waals surface area contributed by atoms with Gasteiger partial charge in [-0.1, -0.05) is 17.3 Å². The number of methoxy groups -OCH3 is 1. The van der Waals surface area contributed by atoms with Crippen molar-refractivity contribution in [2.45, 2.75) is 20.5 Å². The van der Waals surface area contributed by atoms with Gasteiger partial charge in [-0.25, -0.2) is 0 Å². The van der Waals surface area contributed by atoms with Crippen molar-refractivity contribution in [1.82, 2.24) is 0 Å². The predicted octanol–water partition coefficient (Wildman–Crippen LogP) is 3.41. The maximum Gasteiger partial charge on any atom is 0.221 e. The highest BCUT2D eigenvalue weighted by Crippen LogP contribution is 2.21. The van der Waals surface area contributed by atoms with Crippen LogP contribution in [0.4, 0.5) is 5.69 Å². The minimum atomic E-state index is -0.119. The normalized spacial score (nSPS) is 10.5. The van der Waals surface area contributed by atoms with Crippen LogP contribution in [0.25, 0.3) is 0 Å². The summed E-state index contributed by atoms with van der Waals surface area (Å²) in [5.74, 6) is 0.498. The monoisotopic (exact) mass is 340 g/mol. The Balaban J connectivity index is 1.97. The maximum atomic E-state index is 11.5. The topological polar surface area (TPSA) is 77.0 Å². The summed E-state index contributed by atoms with van der Waals surface area (Å²) in [6.45, 7) is 3.15. The molecule has 0 saturated heterocycles. The first-order valence-electron chi connectivity index (χ1n) is 7.70. The zero-order valence-electron chi connectivity index (χ0n) is 14.4. The molecule has 0 atom stereocenters. The van der Waals surface area contributed by atoms with Crippen molar-refractivity contribution in [2.24, 2.45) is 5.16 Å². The third-order valence-electron chi connectivity index (χ3n) is 3.41. The van der Waals surface area contributed by atoms with Gasteiger partial charge in [0.2, 0.25) is 5.91 Å². The molecule has 0 saturated carbocycles. The molecule has 0 bridgehead atoms. The second-order valence-corrected chi connectivity index (χ2v) is 5.39. The van der Waals surface area contributed by atoms with Crippen molar-refractivity contribution in [3.8, 4) is 5.75 Å². The summed E-state index contributed by atoms with van der Waals surface area (Å²) >= 11 is 0. The van der Waals surface area contributed by atoms with E-state index in [-0.39, 0.29) is 18.3 Å². The van der Waals surface area contributed by atoms with E-state index in [2.05, 4.69) is 10.5 Å². The van der Waals surface area contributed by atoms with Crippen molar-refractivity contribution in [3.05, 3.63) is 59.2 Å². The molecule has 1 amide bonds. The Morgan fingerprint density at radius 3 is 2.44 bits per heavy atom. The van der Waals surface area contributed by atoms with E-state index in [9.17, 15) is 9.59 Å². The first-order valence-corrected chi connectivity index (χ1v) is 7.70. The Morgan fingerprint density at radius 2 is 1.84 bits per heavy atom. The van der Waals surface area contributed by atoms with Crippen LogP contribution in [0.2, 0.25) is 0 Å². The quantitative estimate of drug-likeness (QED) is 0.476. The summed E-state index contributed by atoms with van der Waals surface area (Å²) in [5.41, 5.74) is 2.89. The fourth-order valence-corrected chi connectivity index (χ4v) is 2.17. The number of rotatable bonds is 7. The van der Waals surface area contributed by atoms with Crippen molar-refractivity contribution in [2.75, 3.05) is 12.4 Å². The van der Waals surface area contributed by atoms with E-state index in [1.54, 1.807) is 43.7 Å². The molecule has 0 heterocycles. The molecule has 130 valence electrons. The Bertz CT molecular complexity index is 783. The molecule has 25 heavy (non-hydrogen) atoms. The predicted molar refractivity (Wildman–Crippen MR) is 96.1 cm³/mol. The molecule has 0 unspecified atom stereocenters. The minimum Gasteiger partial charge on any atom is -0.496 e. The van der Waals surface area contributed by atoms with Gasteiger partial charge in [0.05, 0.1) is 13.3 Å². The largest absolute Gasteiger partial charge is 0.496 e. The third-order valence-corrected chi connectivity index (χ3v) is 3.41. The molecule has 1 N–H and O–H groups in total. The summed E-state index contributed by atoms with van der Waals surface area (Å²) < 4.78 is 5.26. The molecule has 2 aromatic carbocycles. The SMILES string of the molecule is COc1ccc(C(C)=O)cc1CO/N=C/c1ccc(NC(C)=O)cc1. The Labute approximate surface area is 146 Å². The summed E-state index contributed by atoms with van der Waals surface area (Å²) in [6, 6.07) is 12.4. The van der Waals surface area contributed by atoms with Crippen LogP contribution in [0.3, 0.4) is 0 Å². The molecule has 0 spiro atoms. The van der Waals surface area contributed by atoms with Gasteiger partial charge in [0.1, 0.15) is 12.4 Å². The first kappa shape index (κ1) is 18.2. The van der Waals surface area contributed by atoms with Crippen molar-refractivity contribution < 1.29 is 19.2 Å². The van der Waals surface area contributed by atoms with Gasteiger partial charge in [0.15, 0.2) is 5.78 Å². The summed E-state index contributed by atoms with van der Waals surface area (Å²) in [6.07, 6.45) is 1.57. The second-order valence-electron chi connectivity index (χ2n) is 5.39. The van der Waals surface area contributed by atoms with Crippen LogP contribution in [0.1, 0.15) is 35.3 Å². The summed E-state index contributed by atoms with van der Waals surface area (Å²) in [7, 11) is 1.56. The molecular formula is C19H20N2O4. The summed E-state index contributed by atoms with van der Waals surface area (Å²) in [4.78, 5) is 27.7. The zero-order chi connectivity index (χ0) is 18.2. The van der Waals surface area contributed by atoms with Gasteiger partial charge in [0.25, 0.3) is 0 Å². The van der Waals surface area contributed by atoms with Gasteiger partial charge in [-0.3, -0.25) is 9.59 Å². The van der Waals surface area contributed by atoms with E-state index < -0.39 is 0 Å². The number of amides is 1. The number of carbonyl (C=O) groups excluding carboxylic acids is 2. The number of ketones is 1. The molecule has 0 aliphatic rings. The average Bonchev–Trinajstić information content (AvgIpc) is 2.59. The molecule has 0 aromatic heterocycles. The first-order chi connectivity index (χ1) is 12.0. The molecule has 0 aliphatic carbocycles. The Hall–Kier alpha value is -3.15. The highest BCUT2D eigenvalue weighted by molar-refractivity contribution is 5.94. The molecule has 0 fully saturated rings. The molecule has 2 aromatic rings. The van der Waals surface area contributed by atoms with Crippen LogP contribution in [-0.2, 0) is 16.2 Å². The number of nitrogens with one attached hydrogen (secondary N) is 1. The van der Waals surface area contributed by atoms with Crippen LogP contribution >= 0.6 is 0 Å². The molecule has 0 radical (unpaired) electrons. The molecule has 6 heteroatoms. The van der Waals surface area contributed by atoms with Gasteiger partial charge in [-0.15, -0.1) is 0 Å². The van der Waals surface area contributed by atoms with Crippen molar-refractivity contribution >= 4 is 23.6 Å². The number of ether oxygens (including phenoxy) is 1. The van der Waals surface area contributed by atoms with Gasteiger partial charge >= 0.3 is 0 Å². The highest BCUT2D eigenvalue weighted by atomic mass is 16.6. The second kappa shape index (κ2) is 8.63. The number of Topliss-reactive ketones (excluding diaryl/α,β-unsaturated/α-hetero) is 1. The van der Waals surface area contributed by atoms with Crippen LogP contribution in [0.15, 0.2) is 47.6 Å². The summed E-state index contributed by atoms with van der Waals surface area (Å²) in [5, 5.41) is 6.62. The number of hydrogen-bond acceptors (Lipinski definition) is 5. The van der Waals surface area contributed by atoms with E-state index in [1.807, 2.05) is 12.1 Å². The lowest BCUT2D eigenvalue weighted by atomic mass is 10.1. The van der Waals surface area contributed by atoms with Gasteiger partial charge in [-0.2, -0.15) is 0 Å². The lowest BCUT2D eigenvalue weighted by molar-refractivity contribution is -0.114. The Kier molecular flexibility index (Phi) is 6.28. The average molecular weight is 340 g/mol. The lowest BCUT2D eigenvalue weighted by Gasteiger charge is -2.08. The smallest absolute Gasteiger partial charge is 0.221 e. The minimum absolute atomic E-state index is 0.0216. The number of carbonyl (C=O) groups is 2. The van der Waals surface area contributed by atoms with E-state index in [0.29, 0.717) is 11.3 Å². The standard InChI is InChI=1S/C19H20N2O4/c1-13(22)16-6-9-19(24-3)17(10-16)12-25-20-11-15-4-7-18(8-5-15)21-14(2)23/h4-11H,12H2,1-3H3,(H,21,23)/b20-11+. The number of oxime groups is 1. The van der Waals surface area contributed by atoms with Gasteiger partial charge < -0.3 is 14.9 Å². The lowest BCUT2D eigenvalue weighted by Crippen LogP contribution is -2.05. The van der Waals surface area contributed by atoms with Gasteiger partial charge in [-0.05, 0) is 42.8 Å². The van der Waals surface area contributed by atoms with Crippen LogP contribution < -0.4 is 10.1 Å². The van der Waals surface area contributed by atoms with Crippen LogP contribution in [0, 0.1) is 0 Å². The number of anilines is 1. The van der Waals surface area contributed by atoms with Crippen LogP contribution in [0.5, 0.6) is 5.75 Å². The van der Waals surface area contributed by atoms with Crippen LogP contribution in [-0.4, -0.2) is 25.0 Å². The molecule has 6 nitrogen and oxygen atoms in total. The molecular weight excluding hydrogens is 320 g/mol. The van der Waals surface area contributed by atoms with E-state index >= 15 is 0 Å². The number of benzene rings is 2. The zero-order valence-corrected chi connectivity index (χ0v) is 14.4. The molecule has 0 aliphatic heterocycles. The van der Waals surface area contributed by atoms with Crippen molar-refractivity contribution in [1.29, 1.82) is 0 Å². The van der Waals surface area contributed by atoms with Crippen molar-refractivity contribution in [3.63, 3.8) is 0 Å². The van der Waals surface area contributed by atoms with E-state index in [1.165, 1.54) is 13.8 Å². The van der Waals surface area contributed by atoms with E-state index in [0.717, 1.165) is 16.8 Å². The number of hydrogen-bond donors (Lipinski definition) is 1. The fourth-order valence-electron chi connectivity index (χ4n) is 2.17. The van der Waals surface area contributed by atoms with E-state index in [4.69, 9.17) is 9.57 Å². The fraction of sp³-hybridized carbons (Fsp3) is 0.211.